The van der Waals surface area contributed by atoms with Crippen molar-refractivity contribution in [3.8, 4) is 0 Å². The Bertz CT molecular complexity index is 522. The molecule has 0 spiro atoms. The zero-order valence-electron chi connectivity index (χ0n) is 12.7. The highest BCUT2D eigenvalue weighted by molar-refractivity contribution is 7.89. The van der Waals surface area contributed by atoms with Crippen molar-refractivity contribution in [2.75, 3.05) is 0 Å². The van der Waals surface area contributed by atoms with E-state index in [0.29, 0.717) is 17.3 Å². The van der Waals surface area contributed by atoms with Gasteiger partial charge in [-0.15, -0.1) is 0 Å². The molecular weight excluding hydrogens is 276 g/mol. The predicted molar refractivity (Wildman–Crippen MR) is 79.7 cm³/mol. The van der Waals surface area contributed by atoms with Gasteiger partial charge in [-0.3, -0.25) is 5.10 Å². The van der Waals surface area contributed by atoms with Gasteiger partial charge in [-0.2, -0.15) is 5.10 Å². The maximum Gasteiger partial charge on any atom is 0.244 e. The largest absolute Gasteiger partial charge is 0.325 e. The number of hydrogen-bond acceptors (Lipinski definition) is 4. The molecule has 1 heterocycles. The molecule has 1 aromatic rings. The Kier molecular flexibility index (Phi) is 6.16. The van der Waals surface area contributed by atoms with Crippen molar-refractivity contribution in [3.63, 3.8) is 0 Å². The van der Waals surface area contributed by atoms with E-state index in [4.69, 9.17) is 5.73 Å². The van der Waals surface area contributed by atoms with Crippen LogP contribution in [0.15, 0.2) is 4.90 Å². The van der Waals surface area contributed by atoms with Crippen LogP contribution in [-0.4, -0.2) is 24.7 Å². The minimum Gasteiger partial charge on any atom is -0.325 e. The first-order chi connectivity index (χ1) is 9.27. The molecule has 0 aliphatic heterocycles. The van der Waals surface area contributed by atoms with Gasteiger partial charge >= 0.3 is 0 Å². The van der Waals surface area contributed by atoms with Gasteiger partial charge in [0, 0.05) is 12.6 Å². The van der Waals surface area contributed by atoms with E-state index in [1.807, 2.05) is 6.92 Å². The van der Waals surface area contributed by atoms with Crippen LogP contribution in [0, 0.1) is 12.8 Å². The van der Waals surface area contributed by atoms with Crippen LogP contribution in [0.5, 0.6) is 0 Å². The second-order valence-corrected chi connectivity index (χ2v) is 7.33. The summed E-state index contributed by atoms with van der Waals surface area (Å²) in [7, 11) is -3.56. The first kappa shape index (κ1) is 17.1. The van der Waals surface area contributed by atoms with E-state index in [-0.39, 0.29) is 17.5 Å². The Morgan fingerprint density at radius 2 is 1.95 bits per heavy atom. The SMILES string of the molecule is Cc1[nH]nc(CN)c1S(=O)(=O)NC(C)CCCC(C)C. The standard InChI is InChI=1S/C13H26N4O2S/c1-9(2)6-5-7-10(3)17-20(18,19)13-11(4)15-16-12(13)8-14/h9-10,17H,5-8,14H2,1-4H3,(H,15,16). The van der Waals surface area contributed by atoms with Crippen molar-refractivity contribution in [1.82, 2.24) is 14.9 Å². The van der Waals surface area contributed by atoms with E-state index in [2.05, 4.69) is 28.8 Å². The molecular formula is C13H26N4O2S. The van der Waals surface area contributed by atoms with Crippen LogP contribution in [0.2, 0.25) is 0 Å². The highest BCUT2D eigenvalue weighted by atomic mass is 32.2. The molecule has 0 amide bonds. The van der Waals surface area contributed by atoms with E-state index >= 15 is 0 Å². The monoisotopic (exact) mass is 302 g/mol. The molecule has 0 bridgehead atoms. The molecule has 0 radical (unpaired) electrons. The minimum atomic E-state index is -3.56. The molecule has 6 nitrogen and oxygen atoms in total. The van der Waals surface area contributed by atoms with Crippen LogP contribution in [0.4, 0.5) is 0 Å². The molecule has 1 rings (SSSR count). The number of aromatic nitrogens is 2. The number of sulfonamides is 1. The van der Waals surface area contributed by atoms with Gasteiger partial charge in [0.25, 0.3) is 0 Å². The summed E-state index contributed by atoms with van der Waals surface area (Å²) in [6.07, 6.45) is 2.94. The number of nitrogens with two attached hydrogens (primary N) is 1. The van der Waals surface area contributed by atoms with Crippen molar-refractivity contribution in [3.05, 3.63) is 11.4 Å². The molecule has 20 heavy (non-hydrogen) atoms. The summed E-state index contributed by atoms with van der Waals surface area (Å²) in [6, 6.07) is -0.0984. The van der Waals surface area contributed by atoms with Crippen LogP contribution in [0.3, 0.4) is 0 Å². The zero-order chi connectivity index (χ0) is 15.3. The van der Waals surface area contributed by atoms with Gasteiger partial charge in [0.05, 0.1) is 11.4 Å². The Morgan fingerprint density at radius 3 is 2.50 bits per heavy atom. The molecule has 1 atom stereocenters. The van der Waals surface area contributed by atoms with Gasteiger partial charge in [0.15, 0.2) is 0 Å². The van der Waals surface area contributed by atoms with E-state index in [9.17, 15) is 8.42 Å². The van der Waals surface area contributed by atoms with Crippen molar-refractivity contribution in [2.45, 2.75) is 64.4 Å². The van der Waals surface area contributed by atoms with Crippen molar-refractivity contribution < 1.29 is 8.42 Å². The summed E-state index contributed by atoms with van der Waals surface area (Å²) in [5.41, 5.74) is 6.43. The summed E-state index contributed by atoms with van der Waals surface area (Å²) in [5.74, 6) is 0.638. The number of hydrogen-bond donors (Lipinski definition) is 3. The second-order valence-electron chi connectivity index (χ2n) is 5.68. The summed E-state index contributed by atoms with van der Waals surface area (Å²) in [5, 5.41) is 6.60. The number of aromatic amines is 1. The van der Waals surface area contributed by atoms with Crippen molar-refractivity contribution >= 4 is 10.0 Å². The minimum absolute atomic E-state index is 0.0984. The molecule has 0 saturated carbocycles. The molecule has 7 heteroatoms. The van der Waals surface area contributed by atoms with Crippen molar-refractivity contribution in [1.29, 1.82) is 0 Å². The quantitative estimate of drug-likeness (QED) is 0.680. The fourth-order valence-corrected chi connectivity index (χ4v) is 3.83. The average Bonchev–Trinajstić information content (AvgIpc) is 2.69. The van der Waals surface area contributed by atoms with Gasteiger partial charge in [-0.05, 0) is 26.2 Å². The first-order valence-corrected chi connectivity index (χ1v) is 8.52. The molecule has 116 valence electrons. The number of nitrogens with zero attached hydrogens (tertiary/aromatic N) is 1. The smallest absolute Gasteiger partial charge is 0.244 e. The van der Waals surface area contributed by atoms with Crippen LogP contribution < -0.4 is 10.5 Å². The second kappa shape index (κ2) is 7.19. The van der Waals surface area contributed by atoms with Crippen LogP contribution in [0.1, 0.15) is 51.4 Å². The lowest BCUT2D eigenvalue weighted by atomic mass is 10.0. The van der Waals surface area contributed by atoms with Gasteiger partial charge in [-0.1, -0.05) is 26.7 Å². The molecule has 1 aromatic heterocycles. The Labute approximate surface area is 121 Å². The van der Waals surface area contributed by atoms with Crippen LogP contribution in [0.25, 0.3) is 0 Å². The van der Waals surface area contributed by atoms with Gasteiger partial charge < -0.3 is 5.73 Å². The number of rotatable bonds is 8. The topological polar surface area (TPSA) is 101 Å². The van der Waals surface area contributed by atoms with Gasteiger partial charge in [-0.25, -0.2) is 13.1 Å². The van der Waals surface area contributed by atoms with E-state index in [1.54, 1.807) is 6.92 Å². The lowest BCUT2D eigenvalue weighted by molar-refractivity contribution is 0.488. The Hall–Kier alpha value is -0.920. The van der Waals surface area contributed by atoms with E-state index < -0.39 is 10.0 Å². The zero-order valence-corrected chi connectivity index (χ0v) is 13.5. The van der Waals surface area contributed by atoms with E-state index in [0.717, 1.165) is 19.3 Å². The molecule has 0 fully saturated rings. The predicted octanol–water partition coefficient (Wildman–Crippen LogP) is 1.67. The van der Waals surface area contributed by atoms with Crippen LogP contribution >= 0.6 is 0 Å². The molecule has 1 unspecified atom stereocenters. The summed E-state index contributed by atoms with van der Waals surface area (Å²) >= 11 is 0. The first-order valence-electron chi connectivity index (χ1n) is 7.04. The molecule has 4 N–H and O–H groups in total. The normalized spacial score (nSPS) is 13.9. The Balaban J connectivity index is 2.72. The third-order valence-electron chi connectivity index (χ3n) is 3.20. The molecule has 0 saturated heterocycles. The summed E-state index contributed by atoms with van der Waals surface area (Å²) < 4.78 is 27.5. The fourth-order valence-electron chi connectivity index (χ4n) is 2.18. The van der Waals surface area contributed by atoms with Crippen molar-refractivity contribution in [2.24, 2.45) is 11.7 Å². The maximum absolute atomic E-state index is 12.4. The molecule has 0 aliphatic carbocycles. The summed E-state index contributed by atoms with van der Waals surface area (Å²) in [4.78, 5) is 0.190. The van der Waals surface area contributed by atoms with E-state index in [1.165, 1.54) is 0 Å². The third-order valence-corrected chi connectivity index (χ3v) is 4.99. The lowest BCUT2D eigenvalue weighted by Gasteiger charge is -2.15. The molecule has 0 aromatic carbocycles. The summed E-state index contributed by atoms with van der Waals surface area (Å²) in [6.45, 7) is 8.00. The number of aryl methyl sites for hydroxylation is 1. The van der Waals surface area contributed by atoms with Gasteiger partial charge in [0.1, 0.15) is 4.90 Å². The van der Waals surface area contributed by atoms with Crippen LogP contribution in [-0.2, 0) is 16.6 Å². The third kappa shape index (κ3) is 4.57. The molecule has 0 aliphatic rings. The highest BCUT2D eigenvalue weighted by Gasteiger charge is 2.25. The average molecular weight is 302 g/mol. The maximum atomic E-state index is 12.4. The Morgan fingerprint density at radius 1 is 1.30 bits per heavy atom. The van der Waals surface area contributed by atoms with Gasteiger partial charge in [0.2, 0.25) is 10.0 Å². The number of nitrogens with one attached hydrogen (secondary N) is 2. The fraction of sp³-hybridized carbons (Fsp3) is 0.769. The highest BCUT2D eigenvalue weighted by Crippen LogP contribution is 2.18. The lowest BCUT2D eigenvalue weighted by Crippen LogP contribution is -2.33. The number of H-pyrrole nitrogens is 1.